The van der Waals surface area contributed by atoms with Crippen molar-refractivity contribution in [1.82, 2.24) is 4.90 Å². The number of para-hydroxylation sites is 1. The quantitative estimate of drug-likeness (QED) is 0.826. The van der Waals surface area contributed by atoms with Crippen molar-refractivity contribution in [1.29, 1.82) is 0 Å². The maximum absolute atomic E-state index is 12.8. The SMILES string of the molecule is [2H]C([2H])([2H])CC(=O)N(c1ccccc1)C1CCN(Cc2ccccc2)CC1. The highest BCUT2D eigenvalue weighted by atomic mass is 16.2. The zero-order valence-electron chi connectivity index (χ0n) is 16.9. The first-order chi connectivity index (χ1) is 12.9. The van der Waals surface area contributed by atoms with Gasteiger partial charge in [0.05, 0.1) is 0 Å². The lowest BCUT2D eigenvalue weighted by atomic mass is 10.0. The third kappa shape index (κ3) is 4.04. The van der Waals surface area contributed by atoms with Gasteiger partial charge in [-0.25, -0.2) is 0 Å². The lowest BCUT2D eigenvalue weighted by Crippen LogP contribution is -2.47. The molecule has 3 heteroatoms. The normalized spacial score (nSPS) is 18.4. The van der Waals surface area contributed by atoms with Gasteiger partial charge in [0.2, 0.25) is 5.91 Å². The number of likely N-dealkylation sites (tertiary alicyclic amines) is 1. The second kappa shape index (κ2) is 8.11. The number of hydrogen-bond acceptors (Lipinski definition) is 2. The predicted molar refractivity (Wildman–Crippen MR) is 99.0 cm³/mol. The molecule has 1 aliphatic rings. The Morgan fingerprint density at radius 3 is 2.33 bits per heavy atom. The Labute approximate surface area is 149 Å². The van der Waals surface area contributed by atoms with E-state index in [4.69, 9.17) is 4.11 Å². The van der Waals surface area contributed by atoms with Crippen molar-refractivity contribution >= 4 is 11.6 Å². The molecular formula is C21H26N2O. The molecule has 1 saturated heterocycles. The Hall–Kier alpha value is -2.13. The highest BCUT2D eigenvalue weighted by molar-refractivity contribution is 5.93. The largest absolute Gasteiger partial charge is 0.309 e. The summed E-state index contributed by atoms with van der Waals surface area (Å²) in [7, 11) is 0. The molecule has 0 bridgehead atoms. The molecule has 0 saturated carbocycles. The van der Waals surface area contributed by atoms with Crippen LogP contribution >= 0.6 is 0 Å². The molecule has 0 N–H and O–H groups in total. The lowest BCUT2D eigenvalue weighted by molar-refractivity contribution is -0.119. The van der Waals surface area contributed by atoms with Crippen LogP contribution in [-0.2, 0) is 11.3 Å². The molecule has 0 atom stereocenters. The summed E-state index contributed by atoms with van der Waals surface area (Å²) in [5.74, 6) is -0.317. The summed E-state index contributed by atoms with van der Waals surface area (Å²) in [6, 6.07) is 19.8. The smallest absolute Gasteiger partial charge is 0.226 e. The maximum atomic E-state index is 12.8. The van der Waals surface area contributed by atoms with Gasteiger partial charge in [-0.2, -0.15) is 0 Å². The molecule has 0 spiro atoms. The van der Waals surface area contributed by atoms with Crippen LogP contribution in [0.1, 0.15) is 35.8 Å². The predicted octanol–water partition coefficient (Wildman–Crippen LogP) is 4.09. The third-order valence-electron chi connectivity index (χ3n) is 4.63. The van der Waals surface area contributed by atoms with Crippen LogP contribution in [0.2, 0.25) is 0 Å². The standard InChI is InChI=1S/C21H26N2O/c1-2-21(24)23(19-11-7-4-8-12-19)20-13-15-22(16-14-20)17-18-9-5-3-6-10-18/h3-12,20H,2,13-17H2,1H3/i1D3. The van der Waals surface area contributed by atoms with Crippen LogP contribution in [0, 0.1) is 0 Å². The summed E-state index contributed by atoms with van der Waals surface area (Å²) in [6.07, 6.45) is 1.26. The fraction of sp³-hybridized carbons (Fsp3) is 0.381. The topological polar surface area (TPSA) is 23.6 Å². The highest BCUT2D eigenvalue weighted by Crippen LogP contribution is 2.25. The summed E-state index contributed by atoms with van der Waals surface area (Å²) in [6.45, 7) is 0.439. The molecular weight excluding hydrogens is 296 g/mol. The maximum Gasteiger partial charge on any atom is 0.226 e. The van der Waals surface area contributed by atoms with E-state index in [0.29, 0.717) is 0 Å². The van der Waals surface area contributed by atoms with E-state index in [1.807, 2.05) is 48.5 Å². The molecule has 3 nitrogen and oxygen atoms in total. The third-order valence-corrected chi connectivity index (χ3v) is 4.63. The molecule has 1 aliphatic heterocycles. The Morgan fingerprint density at radius 2 is 1.71 bits per heavy atom. The Balaban J connectivity index is 1.68. The van der Waals surface area contributed by atoms with Crippen LogP contribution in [-0.4, -0.2) is 29.9 Å². The van der Waals surface area contributed by atoms with Crippen LogP contribution in [0.25, 0.3) is 0 Å². The summed E-state index contributed by atoms with van der Waals surface area (Å²) in [5.41, 5.74) is 2.07. The van der Waals surface area contributed by atoms with Gasteiger partial charge in [0.15, 0.2) is 0 Å². The van der Waals surface area contributed by atoms with Gasteiger partial charge in [0.25, 0.3) is 0 Å². The molecule has 2 aromatic rings. The van der Waals surface area contributed by atoms with Gasteiger partial charge in [-0.05, 0) is 30.5 Å². The fourth-order valence-corrected chi connectivity index (χ4v) is 3.41. The molecule has 0 aliphatic carbocycles. The van der Waals surface area contributed by atoms with Gasteiger partial charge in [-0.15, -0.1) is 0 Å². The first-order valence-electron chi connectivity index (χ1n) is 10.1. The van der Waals surface area contributed by atoms with E-state index in [0.717, 1.165) is 38.2 Å². The summed E-state index contributed by atoms with van der Waals surface area (Å²) >= 11 is 0. The van der Waals surface area contributed by atoms with Crippen LogP contribution in [0.4, 0.5) is 5.69 Å². The van der Waals surface area contributed by atoms with Gasteiger partial charge in [-0.1, -0.05) is 55.4 Å². The molecule has 0 aromatic heterocycles. The minimum absolute atomic E-state index is 0.0364. The van der Waals surface area contributed by atoms with Gasteiger partial charge < -0.3 is 4.90 Å². The second-order valence-corrected chi connectivity index (χ2v) is 6.27. The molecule has 2 aromatic carbocycles. The van der Waals surface area contributed by atoms with Crippen molar-refractivity contribution in [2.24, 2.45) is 0 Å². The summed E-state index contributed by atoms with van der Waals surface area (Å²) in [4.78, 5) is 16.9. The number of anilines is 1. The Morgan fingerprint density at radius 1 is 1.08 bits per heavy atom. The Kier molecular flexibility index (Phi) is 4.46. The average Bonchev–Trinajstić information content (AvgIpc) is 2.64. The molecule has 0 radical (unpaired) electrons. The first kappa shape index (κ1) is 13.2. The molecule has 0 unspecified atom stereocenters. The van der Waals surface area contributed by atoms with E-state index in [2.05, 4.69) is 17.0 Å². The minimum atomic E-state index is -2.25. The highest BCUT2D eigenvalue weighted by Gasteiger charge is 2.28. The average molecular weight is 325 g/mol. The number of hydrogen-bond donors (Lipinski definition) is 0. The van der Waals surface area contributed by atoms with Crippen molar-refractivity contribution in [3.05, 3.63) is 66.2 Å². The monoisotopic (exact) mass is 325 g/mol. The molecule has 24 heavy (non-hydrogen) atoms. The van der Waals surface area contributed by atoms with Crippen molar-refractivity contribution < 1.29 is 8.91 Å². The van der Waals surface area contributed by atoms with E-state index < -0.39 is 13.3 Å². The number of carbonyl (C=O) groups excluding carboxylic acids is 1. The van der Waals surface area contributed by atoms with E-state index in [1.165, 1.54) is 5.56 Å². The van der Waals surface area contributed by atoms with E-state index in [1.54, 1.807) is 4.90 Å². The number of nitrogens with zero attached hydrogens (tertiary/aromatic N) is 2. The van der Waals surface area contributed by atoms with Crippen LogP contribution in [0.15, 0.2) is 60.7 Å². The minimum Gasteiger partial charge on any atom is -0.309 e. The van der Waals surface area contributed by atoms with E-state index in [-0.39, 0.29) is 11.9 Å². The van der Waals surface area contributed by atoms with Crippen LogP contribution < -0.4 is 4.90 Å². The van der Waals surface area contributed by atoms with E-state index >= 15 is 0 Å². The number of rotatable bonds is 5. The van der Waals surface area contributed by atoms with Crippen LogP contribution in [0.3, 0.4) is 0 Å². The lowest BCUT2D eigenvalue weighted by Gasteiger charge is -2.38. The Bertz CT molecular complexity index is 726. The van der Waals surface area contributed by atoms with Crippen molar-refractivity contribution in [2.75, 3.05) is 18.0 Å². The van der Waals surface area contributed by atoms with Gasteiger partial charge in [-0.3, -0.25) is 9.69 Å². The number of piperidine rings is 1. The molecule has 1 fully saturated rings. The summed E-state index contributed by atoms with van der Waals surface area (Å²) in [5, 5.41) is 0. The van der Waals surface area contributed by atoms with Crippen molar-refractivity contribution in [3.63, 3.8) is 0 Å². The molecule has 1 amide bonds. The zero-order valence-corrected chi connectivity index (χ0v) is 13.9. The van der Waals surface area contributed by atoms with Gasteiger partial charge in [0.1, 0.15) is 0 Å². The van der Waals surface area contributed by atoms with Crippen molar-refractivity contribution in [2.45, 2.75) is 38.7 Å². The fourth-order valence-electron chi connectivity index (χ4n) is 3.41. The zero-order chi connectivity index (χ0) is 19.3. The van der Waals surface area contributed by atoms with Gasteiger partial charge in [0, 0.05) is 41.9 Å². The molecule has 1 heterocycles. The summed E-state index contributed by atoms with van der Waals surface area (Å²) < 4.78 is 22.4. The first-order valence-corrected chi connectivity index (χ1v) is 8.56. The number of benzene rings is 2. The number of carbonyl (C=O) groups is 1. The number of amides is 1. The van der Waals surface area contributed by atoms with Crippen LogP contribution in [0.5, 0.6) is 0 Å². The van der Waals surface area contributed by atoms with Crippen molar-refractivity contribution in [3.8, 4) is 0 Å². The molecule has 3 rings (SSSR count). The molecule has 126 valence electrons. The van der Waals surface area contributed by atoms with E-state index in [9.17, 15) is 4.79 Å². The second-order valence-electron chi connectivity index (χ2n) is 6.27. The van der Waals surface area contributed by atoms with Gasteiger partial charge >= 0.3 is 0 Å².